The van der Waals surface area contributed by atoms with Crippen molar-refractivity contribution in [1.82, 2.24) is 19.1 Å². The molecule has 0 aliphatic carbocycles. The van der Waals surface area contributed by atoms with E-state index in [1.165, 1.54) is 17.9 Å². The number of fused-ring (bicyclic) bond motifs is 1. The number of nitrogens with zero attached hydrogens (tertiary/aromatic N) is 4. The first kappa shape index (κ1) is 10.2. The molecule has 0 saturated heterocycles. The lowest BCUT2D eigenvalue weighted by Crippen LogP contribution is -2.38. The molecule has 0 spiro atoms. The van der Waals surface area contributed by atoms with Crippen molar-refractivity contribution in [2.24, 2.45) is 7.05 Å². The average molecular weight is 219 g/mol. The monoisotopic (exact) mass is 219 g/mol. The second kappa shape index (κ2) is 3.66. The van der Waals surface area contributed by atoms with Crippen molar-refractivity contribution in [3.05, 3.63) is 27.2 Å². The van der Waals surface area contributed by atoms with Gasteiger partial charge in [0.15, 0.2) is 5.65 Å². The Morgan fingerprint density at radius 1 is 1.56 bits per heavy atom. The van der Waals surface area contributed by atoms with E-state index in [1.807, 2.05) is 6.07 Å². The largest absolute Gasteiger partial charge is 0.339 e. The highest BCUT2D eigenvalue weighted by atomic mass is 16.2. The molecule has 0 aromatic carbocycles. The van der Waals surface area contributed by atoms with E-state index in [1.54, 1.807) is 0 Å². The Balaban J connectivity index is 2.82. The Morgan fingerprint density at radius 2 is 2.31 bits per heavy atom. The first-order valence-corrected chi connectivity index (χ1v) is 4.66. The molecule has 0 saturated carbocycles. The molecular formula is C9H9N5O2. The van der Waals surface area contributed by atoms with Crippen molar-refractivity contribution >= 4 is 11.2 Å². The summed E-state index contributed by atoms with van der Waals surface area (Å²) in [5, 5.41) is 8.50. The van der Waals surface area contributed by atoms with Gasteiger partial charge >= 0.3 is 5.69 Å². The first-order valence-electron chi connectivity index (χ1n) is 4.66. The van der Waals surface area contributed by atoms with Gasteiger partial charge in [0.05, 0.1) is 18.8 Å². The van der Waals surface area contributed by atoms with E-state index in [0.29, 0.717) is 5.65 Å². The molecule has 0 atom stereocenters. The zero-order valence-corrected chi connectivity index (χ0v) is 8.60. The topological polar surface area (TPSA) is 96.5 Å². The Labute approximate surface area is 89.6 Å². The molecule has 1 N–H and O–H groups in total. The quantitative estimate of drug-likeness (QED) is 0.724. The highest BCUT2D eigenvalue weighted by molar-refractivity contribution is 5.68. The third-order valence-electron chi connectivity index (χ3n) is 2.36. The van der Waals surface area contributed by atoms with Gasteiger partial charge < -0.3 is 4.98 Å². The van der Waals surface area contributed by atoms with Gasteiger partial charge in [-0.15, -0.1) is 0 Å². The Bertz CT molecular complexity index is 684. The summed E-state index contributed by atoms with van der Waals surface area (Å²) < 4.78 is 2.31. The van der Waals surface area contributed by atoms with Crippen molar-refractivity contribution < 1.29 is 0 Å². The van der Waals surface area contributed by atoms with Crippen LogP contribution in [-0.4, -0.2) is 19.1 Å². The third kappa shape index (κ3) is 1.32. The molecule has 0 bridgehead atoms. The molecule has 7 heteroatoms. The highest BCUT2D eigenvalue weighted by Crippen LogP contribution is 2.01. The fraction of sp³-hybridized carbons (Fsp3) is 0.333. The molecule has 0 fully saturated rings. The summed E-state index contributed by atoms with van der Waals surface area (Å²) in [6.45, 7) is 0.227. The van der Waals surface area contributed by atoms with Crippen molar-refractivity contribution in [2.75, 3.05) is 0 Å². The number of aromatic amines is 1. The minimum atomic E-state index is -0.458. The van der Waals surface area contributed by atoms with Gasteiger partial charge in [-0.25, -0.2) is 9.78 Å². The molecule has 16 heavy (non-hydrogen) atoms. The zero-order chi connectivity index (χ0) is 11.7. The van der Waals surface area contributed by atoms with Crippen molar-refractivity contribution in [3.8, 4) is 6.07 Å². The second-order valence-corrected chi connectivity index (χ2v) is 3.31. The maximum atomic E-state index is 11.8. The van der Waals surface area contributed by atoms with E-state index in [4.69, 9.17) is 5.26 Å². The normalized spacial score (nSPS) is 10.5. The molecule has 0 unspecified atom stereocenters. The highest BCUT2D eigenvalue weighted by Gasteiger charge is 2.11. The smallest absolute Gasteiger partial charge is 0.332 e. The van der Waals surface area contributed by atoms with Crippen LogP contribution in [0.15, 0.2) is 15.9 Å². The summed E-state index contributed by atoms with van der Waals surface area (Å²) in [7, 11) is 1.40. The van der Waals surface area contributed by atoms with E-state index in [-0.39, 0.29) is 18.5 Å². The number of hydrogen-bond donors (Lipinski definition) is 1. The van der Waals surface area contributed by atoms with Crippen LogP contribution in [0.1, 0.15) is 6.42 Å². The van der Waals surface area contributed by atoms with Gasteiger partial charge in [-0.2, -0.15) is 5.26 Å². The summed E-state index contributed by atoms with van der Waals surface area (Å²) in [5.41, 5.74) is -0.297. The Morgan fingerprint density at radius 3 is 3.00 bits per heavy atom. The zero-order valence-electron chi connectivity index (χ0n) is 8.60. The molecule has 2 heterocycles. The van der Waals surface area contributed by atoms with Gasteiger partial charge in [-0.05, 0) is 0 Å². The summed E-state index contributed by atoms with van der Waals surface area (Å²) >= 11 is 0. The molecule has 7 nitrogen and oxygen atoms in total. The Kier molecular flexibility index (Phi) is 2.32. The SMILES string of the molecule is Cn1c(=O)c2[nH]cnc2n(CCC#N)c1=O. The van der Waals surface area contributed by atoms with Gasteiger partial charge in [0.1, 0.15) is 5.52 Å². The lowest BCUT2D eigenvalue weighted by molar-refractivity contribution is 0.630. The maximum absolute atomic E-state index is 11.8. The molecule has 2 aromatic heterocycles. The van der Waals surface area contributed by atoms with E-state index >= 15 is 0 Å². The van der Waals surface area contributed by atoms with Crippen LogP contribution in [0.25, 0.3) is 11.2 Å². The molecule has 0 radical (unpaired) electrons. The van der Waals surface area contributed by atoms with Gasteiger partial charge in [0.25, 0.3) is 5.56 Å². The summed E-state index contributed by atoms with van der Waals surface area (Å²) in [6.07, 6.45) is 1.55. The standard InChI is InChI=1S/C9H9N5O2/c1-13-8(15)6-7(12-5-11-6)14(9(13)16)4-2-3-10/h5H,2,4H2,1H3,(H,11,12). The van der Waals surface area contributed by atoms with Crippen molar-refractivity contribution in [3.63, 3.8) is 0 Å². The van der Waals surface area contributed by atoms with Crippen molar-refractivity contribution in [1.29, 1.82) is 5.26 Å². The Hall–Kier alpha value is -2.36. The van der Waals surface area contributed by atoms with Crippen molar-refractivity contribution in [2.45, 2.75) is 13.0 Å². The van der Waals surface area contributed by atoms with Crippen LogP contribution in [0.5, 0.6) is 0 Å². The first-order chi connectivity index (χ1) is 7.66. The van der Waals surface area contributed by atoms with Crippen LogP contribution >= 0.6 is 0 Å². The number of rotatable bonds is 2. The lowest BCUT2D eigenvalue weighted by atomic mass is 10.4. The molecule has 0 aliphatic heterocycles. The number of aromatic nitrogens is 4. The van der Waals surface area contributed by atoms with E-state index in [9.17, 15) is 9.59 Å². The number of nitrogens with one attached hydrogen (secondary N) is 1. The third-order valence-corrected chi connectivity index (χ3v) is 2.36. The summed E-state index contributed by atoms with van der Waals surface area (Å²) in [6, 6.07) is 1.95. The van der Waals surface area contributed by atoms with E-state index in [2.05, 4.69) is 9.97 Å². The predicted octanol–water partition coefficient (Wildman–Crippen LogP) is -0.663. The molecular weight excluding hydrogens is 210 g/mol. The minimum absolute atomic E-state index is 0.195. The van der Waals surface area contributed by atoms with Gasteiger partial charge in [-0.1, -0.05) is 0 Å². The van der Waals surface area contributed by atoms with Crippen LogP contribution < -0.4 is 11.2 Å². The van der Waals surface area contributed by atoms with Crippen LogP contribution in [0.3, 0.4) is 0 Å². The predicted molar refractivity (Wildman–Crippen MR) is 55.8 cm³/mol. The number of imidazole rings is 1. The molecule has 0 amide bonds. The van der Waals surface area contributed by atoms with Gasteiger partial charge in [0, 0.05) is 13.6 Å². The number of hydrogen-bond acceptors (Lipinski definition) is 4. The van der Waals surface area contributed by atoms with Gasteiger partial charge in [0.2, 0.25) is 0 Å². The fourth-order valence-electron chi connectivity index (χ4n) is 1.54. The molecule has 2 rings (SSSR count). The van der Waals surface area contributed by atoms with E-state index < -0.39 is 11.2 Å². The minimum Gasteiger partial charge on any atom is -0.339 e. The summed E-state index contributed by atoms with van der Waals surface area (Å²) in [5.74, 6) is 0. The molecule has 0 aliphatic rings. The van der Waals surface area contributed by atoms with Crippen LogP contribution in [-0.2, 0) is 13.6 Å². The van der Waals surface area contributed by atoms with Crippen LogP contribution in [0, 0.1) is 11.3 Å². The molecule has 82 valence electrons. The average Bonchev–Trinajstić information content (AvgIpc) is 2.75. The van der Waals surface area contributed by atoms with Gasteiger partial charge in [-0.3, -0.25) is 13.9 Å². The molecule has 2 aromatic rings. The fourth-order valence-corrected chi connectivity index (χ4v) is 1.54. The van der Waals surface area contributed by atoms with E-state index in [0.717, 1.165) is 4.57 Å². The lowest BCUT2D eigenvalue weighted by Gasteiger charge is -2.05. The summed E-state index contributed by atoms with van der Waals surface area (Å²) in [4.78, 5) is 30.0. The second-order valence-electron chi connectivity index (χ2n) is 3.31. The maximum Gasteiger partial charge on any atom is 0.332 e. The number of H-pyrrole nitrogens is 1. The van der Waals surface area contributed by atoms with Crippen LogP contribution in [0.2, 0.25) is 0 Å². The number of aryl methyl sites for hydroxylation is 1. The number of nitriles is 1. The van der Waals surface area contributed by atoms with Crippen LogP contribution in [0.4, 0.5) is 0 Å².